The zero-order valence-electron chi connectivity index (χ0n) is 6.79. The van der Waals surface area contributed by atoms with E-state index >= 15 is 0 Å². The molecule has 0 atom stereocenters. The molecule has 1 aromatic heterocycles. The minimum atomic E-state index is 0.445. The highest BCUT2D eigenvalue weighted by Crippen LogP contribution is 2.21. The van der Waals surface area contributed by atoms with Crippen molar-refractivity contribution in [3.8, 4) is 0 Å². The molecule has 2 rings (SSSR count). The van der Waals surface area contributed by atoms with Crippen LogP contribution < -0.4 is 5.73 Å². The van der Waals surface area contributed by atoms with Gasteiger partial charge in [0.25, 0.3) is 0 Å². The summed E-state index contributed by atoms with van der Waals surface area (Å²) in [6.07, 6.45) is 2.98. The lowest BCUT2D eigenvalue weighted by atomic mass is 10.2. The summed E-state index contributed by atoms with van der Waals surface area (Å²) >= 11 is 1.94. The van der Waals surface area contributed by atoms with Crippen LogP contribution >= 0.6 is 11.8 Å². The Morgan fingerprint density at radius 2 is 2.50 bits per heavy atom. The lowest BCUT2D eigenvalue weighted by Gasteiger charge is -2.13. The molecule has 1 aliphatic heterocycles. The maximum atomic E-state index is 5.45. The van der Waals surface area contributed by atoms with Gasteiger partial charge in [0.05, 0.1) is 6.54 Å². The van der Waals surface area contributed by atoms with Crippen molar-refractivity contribution < 1.29 is 0 Å². The number of rotatable bonds is 1. The summed E-state index contributed by atoms with van der Waals surface area (Å²) in [7, 11) is 0. The van der Waals surface area contributed by atoms with Gasteiger partial charge in [-0.25, -0.2) is 9.97 Å². The normalized spacial score (nSPS) is 15.8. The molecule has 0 aliphatic carbocycles. The average molecular weight is 181 g/mol. The molecule has 0 aromatic carbocycles. The van der Waals surface area contributed by atoms with Crippen LogP contribution in [0.5, 0.6) is 0 Å². The number of aryl methyl sites for hydroxylation is 1. The van der Waals surface area contributed by atoms with Gasteiger partial charge in [-0.05, 0) is 12.2 Å². The zero-order chi connectivity index (χ0) is 8.39. The summed E-state index contributed by atoms with van der Waals surface area (Å²) in [5.41, 5.74) is 7.93. The summed E-state index contributed by atoms with van der Waals surface area (Å²) < 4.78 is 0. The van der Waals surface area contributed by atoms with Crippen LogP contribution in [-0.4, -0.2) is 15.7 Å². The van der Waals surface area contributed by atoms with E-state index in [1.165, 1.54) is 17.0 Å². The minimum absolute atomic E-state index is 0.445. The van der Waals surface area contributed by atoms with Crippen LogP contribution in [0.3, 0.4) is 0 Å². The molecule has 64 valence electrons. The Hall–Kier alpha value is -0.610. The lowest BCUT2D eigenvalue weighted by Crippen LogP contribution is -2.11. The molecule has 0 fully saturated rings. The summed E-state index contributed by atoms with van der Waals surface area (Å²) in [4.78, 5) is 8.54. The van der Waals surface area contributed by atoms with Crippen molar-refractivity contribution in [3.63, 3.8) is 0 Å². The monoisotopic (exact) mass is 181 g/mol. The van der Waals surface area contributed by atoms with E-state index in [-0.39, 0.29) is 0 Å². The van der Waals surface area contributed by atoms with E-state index in [0.29, 0.717) is 6.54 Å². The average Bonchev–Trinajstić information content (AvgIpc) is 2.17. The van der Waals surface area contributed by atoms with E-state index in [1.54, 1.807) is 0 Å². The van der Waals surface area contributed by atoms with Gasteiger partial charge < -0.3 is 5.73 Å². The number of thioether (sulfide) groups is 1. The van der Waals surface area contributed by atoms with E-state index in [1.807, 2.05) is 18.0 Å². The molecule has 0 unspecified atom stereocenters. The van der Waals surface area contributed by atoms with Crippen LogP contribution in [0.15, 0.2) is 6.20 Å². The highest BCUT2D eigenvalue weighted by atomic mass is 32.2. The molecule has 3 nitrogen and oxygen atoms in total. The predicted molar refractivity (Wildman–Crippen MR) is 49.8 cm³/mol. The fourth-order valence-electron chi connectivity index (χ4n) is 1.27. The van der Waals surface area contributed by atoms with Gasteiger partial charge >= 0.3 is 0 Å². The van der Waals surface area contributed by atoms with Crippen molar-refractivity contribution in [2.24, 2.45) is 5.73 Å². The quantitative estimate of drug-likeness (QED) is 0.693. The van der Waals surface area contributed by atoms with Crippen LogP contribution in [0, 0.1) is 0 Å². The molecule has 0 spiro atoms. The highest BCUT2D eigenvalue weighted by Gasteiger charge is 2.11. The van der Waals surface area contributed by atoms with Gasteiger partial charge in [-0.15, -0.1) is 0 Å². The largest absolute Gasteiger partial charge is 0.324 e. The van der Waals surface area contributed by atoms with E-state index in [9.17, 15) is 0 Å². The Morgan fingerprint density at radius 1 is 1.58 bits per heavy atom. The standard InChI is InChI=1S/C8H11N3S/c9-3-8-10-4-6-5-12-2-1-7(6)11-8/h4H,1-3,5,9H2. The van der Waals surface area contributed by atoms with Crippen molar-refractivity contribution >= 4 is 11.8 Å². The number of nitrogens with zero attached hydrogens (tertiary/aromatic N) is 2. The molecular weight excluding hydrogens is 170 g/mol. The minimum Gasteiger partial charge on any atom is -0.324 e. The van der Waals surface area contributed by atoms with Crippen molar-refractivity contribution in [1.82, 2.24) is 9.97 Å². The third kappa shape index (κ3) is 1.44. The molecule has 4 heteroatoms. The fraction of sp³-hybridized carbons (Fsp3) is 0.500. The maximum Gasteiger partial charge on any atom is 0.142 e. The molecule has 0 radical (unpaired) electrons. The molecule has 0 saturated carbocycles. The molecule has 2 N–H and O–H groups in total. The predicted octanol–water partition coefficient (Wildman–Crippen LogP) is 0.725. The zero-order valence-corrected chi connectivity index (χ0v) is 7.60. The summed E-state index contributed by atoms with van der Waals surface area (Å²) in [5.74, 6) is 2.99. The first-order valence-corrected chi connectivity index (χ1v) is 5.17. The van der Waals surface area contributed by atoms with E-state index < -0.39 is 0 Å². The topological polar surface area (TPSA) is 51.8 Å². The Labute approximate surface area is 75.8 Å². The molecular formula is C8H11N3S. The summed E-state index contributed by atoms with van der Waals surface area (Å²) in [6, 6.07) is 0. The SMILES string of the molecule is NCc1ncc2c(n1)CCSC2. The van der Waals surface area contributed by atoms with Gasteiger partial charge in [-0.3, -0.25) is 0 Å². The Balaban J connectivity index is 2.36. The van der Waals surface area contributed by atoms with Crippen molar-refractivity contribution in [3.05, 3.63) is 23.3 Å². The second-order valence-corrected chi connectivity index (χ2v) is 3.87. The van der Waals surface area contributed by atoms with E-state index in [0.717, 1.165) is 18.0 Å². The number of aromatic nitrogens is 2. The number of nitrogens with two attached hydrogens (primary N) is 1. The lowest BCUT2D eigenvalue weighted by molar-refractivity contribution is 0.849. The summed E-state index contributed by atoms with van der Waals surface area (Å²) in [5, 5.41) is 0. The maximum absolute atomic E-state index is 5.45. The van der Waals surface area contributed by atoms with Gasteiger partial charge in [0.2, 0.25) is 0 Å². The van der Waals surface area contributed by atoms with Gasteiger partial charge in [-0.2, -0.15) is 11.8 Å². The smallest absolute Gasteiger partial charge is 0.142 e. The molecule has 1 aliphatic rings. The summed E-state index contributed by atoms with van der Waals surface area (Å²) in [6.45, 7) is 0.445. The van der Waals surface area contributed by atoms with Crippen LogP contribution in [0.1, 0.15) is 17.1 Å². The second kappa shape index (κ2) is 3.41. The molecule has 0 bridgehead atoms. The van der Waals surface area contributed by atoms with Crippen LogP contribution in [0.4, 0.5) is 0 Å². The molecule has 12 heavy (non-hydrogen) atoms. The van der Waals surface area contributed by atoms with E-state index in [4.69, 9.17) is 5.73 Å². The van der Waals surface area contributed by atoms with Gasteiger partial charge in [-0.1, -0.05) is 0 Å². The fourth-order valence-corrected chi connectivity index (χ4v) is 2.21. The van der Waals surface area contributed by atoms with Crippen molar-refractivity contribution in [2.75, 3.05) is 5.75 Å². The van der Waals surface area contributed by atoms with Crippen LogP contribution in [0.25, 0.3) is 0 Å². The third-order valence-corrected chi connectivity index (χ3v) is 2.94. The van der Waals surface area contributed by atoms with E-state index in [2.05, 4.69) is 9.97 Å². The van der Waals surface area contributed by atoms with Crippen molar-refractivity contribution in [2.45, 2.75) is 18.7 Å². The second-order valence-electron chi connectivity index (χ2n) is 2.76. The highest BCUT2D eigenvalue weighted by molar-refractivity contribution is 7.98. The number of fused-ring (bicyclic) bond motifs is 1. The Kier molecular flexibility index (Phi) is 2.28. The first kappa shape index (κ1) is 8.01. The first-order chi connectivity index (χ1) is 5.90. The molecule has 2 heterocycles. The molecule has 0 amide bonds. The number of hydrogen-bond donors (Lipinski definition) is 1. The van der Waals surface area contributed by atoms with Gasteiger partial charge in [0.15, 0.2) is 0 Å². The van der Waals surface area contributed by atoms with Crippen molar-refractivity contribution in [1.29, 1.82) is 0 Å². The molecule has 0 saturated heterocycles. The molecule has 1 aromatic rings. The Bertz CT molecular complexity index is 288. The third-order valence-electron chi connectivity index (χ3n) is 1.93. The van der Waals surface area contributed by atoms with Gasteiger partial charge in [0, 0.05) is 23.2 Å². The Morgan fingerprint density at radius 3 is 3.33 bits per heavy atom. The first-order valence-electron chi connectivity index (χ1n) is 4.01. The number of hydrogen-bond acceptors (Lipinski definition) is 4. The van der Waals surface area contributed by atoms with Crippen LogP contribution in [-0.2, 0) is 18.7 Å². The van der Waals surface area contributed by atoms with Crippen LogP contribution in [0.2, 0.25) is 0 Å². The van der Waals surface area contributed by atoms with Gasteiger partial charge in [0.1, 0.15) is 5.82 Å².